The van der Waals surface area contributed by atoms with E-state index in [1.807, 2.05) is 19.9 Å². The molecule has 0 fully saturated rings. The molecule has 0 spiro atoms. The lowest BCUT2D eigenvalue weighted by atomic mass is 9.90. The van der Waals surface area contributed by atoms with Gasteiger partial charge in [-0.1, -0.05) is 32.9 Å². The Labute approximate surface area is 115 Å². The number of sulfone groups is 1. The van der Waals surface area contributed by atoms with Crippen LogP contribution in [-0.2, 0) is 9.84 Å². The number of rotatable bonds is 7. The second-order valence-corrected chi connectivity index (χ2v) is 7.64. The molecule has 5 heteroatoms. The van der Waals surface area contributed by atoms with Crippen molar-refractivity contribution in [2.45, 2.75) is 32.1 Å². The van der Waals surface area contributed by atoms with E-state index in [1.54, 1.807) is 25.1 Å². The minimum atomic E-state index is -3.22. The molecule has 108 valence electrons. The molecule has 0 saturated heterocycles. The van der Waals surface area contributed by atoms with Crippen LogP contribution >= 0.6 is 0 Å². The summed E-state index contributed by atoms with van der Waals surface area (Å²) in [4.78, 5) is 0.345. The maximum atomic E-state index is 12.0. The van der Waals surface area contributed by atoms with Crippen molar-refractivity contribution in [3.8, 4) is 0 Å². The van der Waals surface area contributed by atoms with E-state index in [0.717, 1.165) is 0 Å². The smallest absolute Gasteiger partial charge is 0.180 e. The molecular weight excluding hydrogens is 262 g/mol. The van der Waals surface area contributed by atoms with Crippen molar-refractivity contribution >= 4 is 15.5 Å². The summed E-state index contributed by atoms with van der Waals surface area (Å²) in [5, 5.41) is 12.2. The van der Waals surface area contributed by atoms with Crippen molar-refractivity contribution in [2.24, 2.45) is 5.41 Å². The fourth-order valence-electron chi connectivity index (χ4n) is 1.76. The van der Waals surface area contributed by atoms with Gasteiger partial charge in [0.15, 0.2) is 9.84 Å². The molecule has 0 aromatic heterocycles. The first kappa shape index (κ1) is 16.0. The quantitative estimate of drug-likeness (QED) is 0.806. The van der Waals surface area contributed by atoms with Crippen molar-refractivity contribution in [1.29, 1.82) is 0 Å². The topological polar surface area (TPSA) is 66.4 Å². The van der Waals surface area contributed by atoms with Gasteiger partial charge in [0, 0.05) is 13.2 Å². The largest absolute Gasteiger partial charge is 0.396 e. The number of anilines is 1. The normalized spacial score (nSPS) is 12.4. The molecule has 0 radical (unpaired) electrons. The number of aliphatic hydroxyl groups excluding tert-OH is 1. The van der Waals surface area contributed by atoms with Gasteiger partial charge in [-0.2, -0.15) is 0 Å². The summed E-state index contributed by atoms with van der Waals surface area (Å²) >= 11 is 0. The van der Waals surface area contributed by atoms with Gasteiger partial charge >= 0.3 is 0 Å². The van der Waals surface area contributed by atoms with Gasteiger partial charge < -0.3 is 10.4 Å². The van der Waals surface area contributed by atoms with Gasteiger partial charge in [-0.15, -0.1) is 0 Å². The van der Waals surface area contributed by atoms with E-state index in [9.17, 15) is 8.42 Å². The Balaban J connectivity index is 2.91. The van der Waals surface area contributed by atoms with Crippen molar-refractivity contribution in [3.05, 3.63) is 24.3 Å². The lowest BCUT2D eigenvalue weighted by Crippen LogP contribution is -2.25. The van der Waals surface area contributed by atoms with E-state index < -0.39 is 9.84 Å². The predicted octanol–water partition coefficient (Wildman–Crippen LogP) is 2.30. The molecule has 1 aromatic rings. The minimum Gasteiger partial charge on any atom is -0.396 e. The highest BCUT2D eigenvalue weighted by molar-refractivity contribution is 7.91. The summed E-state index contributed by atoms with van der Waals surface area (Å²) in [6.07, 6.45) is 0.669. The van der Waals surface area contributed by atoms with E-state index >= 15 is 0 Å². The third-order valence-electron chi connectivity index (χ3n) is 3.15. The number of hydrogen-bond acceptors (Lipinski definition) is 4. The van der Waals surface area contributed by atoms with Crippen LogP contribution in [0.3, 0.4) is 0 Å². The molecular formula is C14H23NO3S. The highest BCUT2D eigenvalue weighted by Crippen LogP contribution is 2.25. The first-order valence-corrected chi connectivity index (χ1v) is 8.14. The average molecular weight is 285 g/mol. The number of benzene rings is 1. The molecule has 0 aliphatic rings. The van der Waals surface area contributed by atoms with Crippen LogP contribution in [-0.4, -0.2) is 32.4 Å². The molecule has 1 rings (SSSR count). The first-order chi connectivity index (χ1) is 8.82. The molecule has 0 heterocycles. The second-order valence-electron chi connectivity index (χ2n) is 5.39. The Kier molecular flexibility index (Phi) is 5.38. The maximum Gasteiger partial charge on any atom is 0.180 e. The molecule has 0 amide bonds. The Bertz CT molecular complexity index is 509. The van der Waals surface area contributed by atoms with Crippen LogP contribution in [0, 0.1) is 5.41 Å². The SMILES string of the molecule is CCS(=O)(=O)c1ccccc1NCC(C)(C)CCO. The monoisotopic (exact) mass is 285 g/mol. The van der Waals surface area contributed by atoms with Gasteiger partial charge in [0.05, 0.1) is 16.3 Å². The van der Waals surface area contributed by atoms with Crippen LogP contribution in [0.15, 0.2) is 29.2 Å². The second kappa shape index (κ2) is 6.39. The van der Waals surface area contributed by atoms with Gasteiger partial charge in [-0.05, 0) is 24.0 Å². The zero-order valence-electron chi connectivity index (χ0n) is 11.8. The zero-order valence-corrected chi connectivity index (χ0v) is 12.6. The lowest BCUT2D eigenvalue weighted by molar-refractivity contribution is 0.220. The van der Waals surface area contributed by atoms with Crippen LogP contribution < -0.4 is 5.32 Å². The highest BCUT2D eigenvalue weighted by Gasteiger charge is 2.20. The number of hydrogen-bond donors (Lipinski definition) is 2. The van der Waals surface area contributed by atoms with Crippen molar-refractivity contribution in [3.63, 3.8) is 0 Å². The van der Waals surface area contributed by atoms with E-state index in [0.29, 0.717) is 23.5 Å². The molecule has 19 heavy (non-hydrogen) atoms. The third kappa shape index (κ3) is 4.51. The van der Waals surface area contributed by atoms with Crippen LogP contribution in [0.1, 0.15) is 27.2 Å². The summed E-state index contributed by atoms with van der Waals surface area (Å²) in [6, 6.07) is 6.94. The summed E-state index contributed by atoms with van der Waals surface area (Å²) in [5.41, 5.74) is 0.549. The van der Waals surface area contributed by atoms with Crippen LogP contribution in [0.4, 0.5) is 5.69 Å². The Morgan fingerprint density at radius 2 is 1.89 bits per heavy atom. The summed E-state index contributed by atoms with van der Waals surface area (Å²) < 4.78 is 24.0. The van der Waals surface area contributed by atoms with E-state index in [2.05, 4.69) is 5.32 Å². The molecule has 0 saturated carbocycles. The van der Waals surface area contributed by atoms with Gasteiger partial charge in [0.1, 0.15) is 0 Å². The zero-order chi connectivity index (χ0) is 14.5. The molecule has 0 atom stereocenters. The van der Waals surface area contributed by atoms with Crippen molar-refractivity contribution in [1.82, 2.24) is 0 Å². The third-order valence-corrected chi connectivity index (χ3v) is 4.93. The molecule has 1 aromatic carbocycles. The van der Waals surface area contributed by atoms with Crippen molar-refractivity contribution in [2.75, 3.05) is 24.2 Å². The van der Waals surface area contributed by atoms with E-state index in [-0.39, 0.29) is 17.8 Å². The summed E-state index contributed by atoms with van der Waals surface area (Å²) in [5.74, 6) is 0.0890. The Hall–Kier alpha value is -1.07. The minimum absolute atomic E-state index is 0.0855. The summed E-state index contributed by atoms with van der Waals surface area (Å²) in [7, 11) is -3.22. The van der Waals surface area contributed by atoms with Gasteiger partial charge in [0.25, 0.3) is 0 Å². The Morgan fingerprint density at radius 3 is 2.47 bits per heavy atom. The van der Waals surface area contributed by atoms with Gasteiger partial charge in [0.2, 0.25) is 0 Å². The number of nitrogens with one attached hydrogen (secondary N) is 1. The standard InChI is InChI=1S/C14H23NO3S/c1-4-19(17,18)13-8-6-5-7-12(13)15-11-14(2,3)9-10-16/h5-8,15-16H,4,9-11H2,1-3H3. The van der Waals surface area contributed by atoms with Crippen LogP contribution in [0.2, 0.25) is 0 Å². The van der Waals surface area contributed by atoms with Crippen molar-refractivity contribution < 1.29 is 13.5 Å². The molecule has 4 nitrogen and oxygen atoms in total. The van der Waals surface area contributed by atoms with Gasteiger partial charge in [-0.3, -0.25) is 0 Å². The molecule has 2 N–H and O–H groups in total. The maximum absolute atomic E-state index is 12.0. The molecule has 0 aliphatic carbocycles. The number of para-hydroxylation sites is 1. The lowest BCUT2D eigenvalue weighted by Gasteiger charge is -2.25. The molecule has 0 bridgehead atoms. The van der Waals surface area contributed by atoms with Gasteiger partial charge in [-0.25, -0.2) is 8.42 Å². The molecule has 0 unspecified atom stereocenters. The number of aliphatic hydroxyl groups is 1. The van der Waals surface area contributed by atoms with E-state index in [4.69, 9.17) is 5.11 Å². The average Bonchev–Trinajstić information content (AvgIpc) is 2.37. The highest BCUT2D eigenvalue weighted by atomic mass is 32.2. The molecule has 0 aliphatic heterocycles. The Morgan fingerprint density at radius 1 is 1.26 bits per heavy atom. The van der Waals surface area contributed by atoms with Crippen LogP contribution in [0.5, 0.6) is 0 Å². The first-order valence-electron chi connectivity index (χ1n) is 6.49. The van der Waals surface area contributed by atoms with Crippen LogP contribution in [0.25, 0.3) is 0 Å². The fourth-order valence-corrected chi connectivity index (χ4v) is 2.84. The predicted molar refractivity (Wildman–Crippen MR) is 78.1 cm³/mol. The fraction of sp³-hybridized carbons (Fsp3) is 0.571. The summed E-state index contributed by atoms with van der Waals surface area (Å²) in [6.45, 7) is 6.45. The van der Waals surface area contributed by atoms with E-state index in [1.165, 1.54) is 0 Å².